The van der Waals surface area contributed by atoms with Gasteiger partial charge >= 0.3 is 0 Å². The highest BCUT2D eigenvalue weighted by Crippen LogP contribution is 2.27. The quantitative estimate of drug-likeness (QED) is 0.589. The van der Waals surface area contributed by atoms with Crippen LogP contribution >= 0.6 is 0 Å². The Bertz CT molecular complexity index is 850. The molecule has 1 N–H and O–H groups in total. The predicted molar refractivity (Wildman–Crippen MR) is 123 cm³/mol. The summed E-state index contributed by atoms with van der Waals surface area (Å²) in [6, 6.07) is 7.07. The minimum Gasteiger partial charge on any atom is -0.493 e. The molecule has 0 bridgehead atoms. The van der Waals surface area contributed by atoms with Crippen molar-refractivity contribution in [2.45, 2.75) is 52.0 Å². The molecule has 1 amide bonds. The van der Waals surface area contributed by atoms with Crippen molar-refractivity contribution in [3.05, 3.63) is 29.3 Å². The second kappa shape index (κ2) is 10.8. The lowest BCUT2D eigenvalue weighted by Crippen LogP contribution is -2.44. The number of fused-ring (bicyclic) bond motifs is 1. The zero-order valence-electron chi connectivity index (χ0n) is 19.1. The molecule has 7 nitrogen and oxygen atoms in total. The minimum absolute atomic E-state index is 0.0379. The van der Waals surface area contributed by atoms with E-state index in [2.05, 4.69) is 41.7 Å². The molecule has 0 aliphatic carbocycles. The van der Waals surface area contributed by atoms with E-state index in [1.807, 2.05) is 4.90 Å². The molecule has 2 heterocycles. The molecule has 0 saturated carbocycles. The third kappa shape index (κ3) is 7.19. The van der Waals surface area contributed by atoms with Gasteiger partial charge in [-0.3, -0.25) is 4.79 Å². The van der Waals surface area contributed by atoms with Gasteiger partial charge in [0.2, 0.25) is 15.9 Å². The Morgan fingerprint density at radius 3 is 2.74 bits per heavy atom. The fourth-order valence-corrected chi connectivity index (χ4v) is 5.13. The molecule has 0 aromatic heterocycles. The van der Waals surface area contributed by atoms with Gasteiger partial charge in [0, 0.05) is 45.1 Å². The molecule has 0 radical (unpaired) electrons. The Morgan fingerprint density at radius 2 is 2.06 bits per heavy atom. The maximum Gasteiger partial charge on any atom is 0.223 e. The number of likely N-dealkylation sites (tertiary alicyclic amines) is 1. The molecular formula is C23H37N3O4S. The van der Waals surface area contributed by atoms with E-state index in [-0.39, 0.29) is 18.9 Å². The van der Waals surface area contributed by atoms with Gasteiger partial charge in [0.15, 0.2) is 0 Å². The summed E-state index contributed by atoms with van der Waals surface area (Å²) < 4.78 is 30.3. The summed E-state index contributed by atoms with van der Waals surface area (Å²) >= 11 is 0. The largest absolute Gasteiger partial charge is 0.493 e. The lowest BCUT2D eigenvalue weighted by molar-refractivity contribution is -0.132. The third-order valence-corrected chi connectivity index (χ3v) is 7.21. The van der Waals surface area contributed by atoms with Gasteiger partial charge in [-0.2, -0.15) is 0 Å². The van der Waals surface area contributed by atoms with Crippen molar-refractivity contribution in [1.82, 2.24) is 14.5 Å². The number of carbonyl (C=O) groups is 1. The van der Waals surface area contributed by atoms with E-state index in [0.29, 0.717) is 12.0 Å². The molecular weight excluding hydrogens is 414 g/mol. The Labute approximate surface area is 187 Å². The van der Waals surface area contributed by atoms with Crippen LogP contribution in [0.1, 0.15) is 44.2 Å². The zero-order valence-corrected chi connectivity index (χ0v) is 19.9. The van der Waals surface area contributed by atoms with E-state index in [9.17, 15) is 13.2 Å². The second-order valence-corrected chi connectivity index (χ2v) is 10.8. The van der Waals surface area contributed by atoms with E-state index >= 15 is 0 Å². The lowest BCUT2D eigenvalue weighted by Gasteiger charge is -2.37. The fraction of sp³-hybridized carbons (Fsp3) is 0.696. The molecule has 3 rings (SSSR count). The number of sulfonamides is 1. The predicted octanol–water partition coefficient (Wildman–Crippen LogP) is 2.05. The van der Waals surface area contributed by atoms with E-state index in [1.165, 1.54) is 11.1 Å². The summed E-state index contributed by atoms with van der Waals surface area (Å²) in [7, 11) is -3.24. The van der Waals surface area contributed by atoms with Crippen LogP contribution in [0.4, 0.5) is 0 Å². The topological polar surface area (TPSA) is 79.0 Å². The van der Waals surface area contributed by atoms with Crippen molar-refractivity contribution in [3.8, 4) is 5.75 Å². The Hall–Kier alpha value is -1.64. The van der Waals surface area contributed by atoms with Crippen LogP contribution in [0.15, 0.2) is 18.2 Å². The van der Waals surface area contributed by atoms with E-state index < -0.39 is 10.0 Å². The number of rotatable bonds is 10. The van der Waals surface area contributed by atoms with Gasteiger partial charge in [0.25, 0.3) is 0 Å². The lowest BCUT2D eigenvalue weighted by atomic mass is 9.94. The number of hydrogen-bond donors (Lipinski definition) is 1. The maximum absolute atomic E-state index is 12.3. The van der Waals surface area contributed by atoms with Crippen LogP contribution in [0.2, 0.25) is 0 Å². The van der Waals surface area contributed by atoms with Gasteiger partial charge < -0.3 is 14.5 Å². The van der Waals surface area contributed by atoms with Gasteiger partial charge in [-0.05, 0) is 55.8 Å². The fourth-order valence-electron chi connectivity index (χ4n) is 4.66. The number of carbonyl (C=O) groups excluding carboxylic acids is 1. The Balaban J connectivity index is 1.43. The van der Waals surface area contributed by atoms with Crippen LogP contribution < -0.4 is 9.46 Å². The van der Waals surface area contributed by atoms with Crippen LogP contribution in [-0.2, 0) is 27.7 Å². The molecule has 1 aromatic rings. The van der Waals surface area contributed by atoms with Crippen molar-refractivity contribution < 1.29 is 17.9 Å². The average Bonchev–Trinajstić information content (AvgIpc) is 3.19. The highest BCUT2D eigenvalue weighted by atomic mass is 32.2. The summed E-state index contributed by atoms with van der Waals surface area (Å²) in [6.07, 6.45) is 5.39. The zero-order chi connectivity index (χ0) is 22.4. The molecule has 1 unspecified atom stereocenters. The standard InChI is InChI=1S/C23H37N3O4S/c1-4-25(18(2)15-20-5-6-22-21(16-20)10-14-30-22)17-19-8-12-26(13-9-19)23(27)7-11-24-31(3,28)29/h5-6,16,18-19,24H,4,7-15,17H2,1-3H3. The normalized spacial score (nSPS) is 18.1. The summed E-state index contributed by atoms with van der Waals surface area (Å²) in [5, 5.41) is 0. The van der Waals surface area contributed by atoms with E-state index in [4.69, 9.17) is 4.74 Å². The van der Waals surface area contributed by atoms with Crippen molar-refractivity contribution >= 4 is 15.9 Å². The van der Waals surface area contributed by atoms with Crippen LogP contribution in [0.3, 0.4) is 0 Å². The van der Waals surface area contributed by atoms with Crippen LogP contribution in [0.25, 0.3) is 0 Å². The first-order chi connectivity index (χ1) is 14.7. The van der Waals surface area contributed by atoms with Gasteiger partial charge in [0.05, 0.1) is 12.9 Å². The molecule has 1 saturated heterocycles. The first-order valence-corrected chi connectivity index (χ1v) is 13.4. The van der Waals surface area contributed by atoms with Crippen molar-refractivity contribution in [1.29, 1.82) is 0 Å². The van der Waals surface area contributed by atoms with Crippen LogP contribution in [0, 0.1) is 5.92 Å². The Kier molecular flexibility index (Phi) is 8.36. The van der Waals surface area contributed by atoms with Gasteiger partial charge in [-0.15, -0.1) is 0 Å². The van der Waals surface area contributed by atoms with Crippen molar-refractivity contribution in [2.75, 3.05) is 45.6 Å². The summed E-state index contributed by atoms with van der Waals surface area (Å²) in [5.41, 5.74) is 2.70. The number of piperidine rings is 1. The first-order valence-electron chi connectivity index (χ1n) is 11.5. The van der Waals surface area contributed by atoms with E-state index in [1.54, 1.807) is 0 Å². The molecule has 8 heteroatoms. The number of hydrogen-bond acceptors (Lipinski definition) is 5. The highest BCUT2D eigenvalue weighted by Gasteiger charge is 2.25. The highest BCUT2D eigenvalue weighted by molar-refractivity contribution is 7.88. The number of likely N-dealkylation sites (N-methyl/N-ethyl adjacent to an activating group) is 1. The van der Waals surface area contributed by atoms with Gasteiger partial charge in [-0.25, -0.2) is 13.1 Å². The molecule has 174 valence electrons. The van der Waals surface area contributed by atoms with E-state index in [0.717, 1.165) is 70.5 Å². The monoisotopic (exact) mass is 451 g/mol. The molecule has 1 aromatic carbocycles. The van der Waals surface area contributed by atoms with Crippen molar-refractivity contribution in [3.63, 3.8) is 0 Å². The first kappa shape index (κ1) is 24.0. The second-order valence-electron chi connectivity index (χ2n) is 8.92. The van der Waals surface area contributed by atoms with Gasteiger partial charge in [-0.1, -0.05) is 19.1 Å². The summed E-state index contributed by atoms with van der Waals surface area (Å²) in [5.74, 6) is 1.67. The Morgan fingerprint density at radius 1 is 1.32 bits per heavy atom. The van der Waals surface area contributed by atoms with Crippen LogP contribution in [0.5, 0.6) is 5.75 Å². The molecule has 2 aliphatic rings. The number of ether oxygens (including phenoxy) is 1. The molecule has 0 spiro atoms. The SMILES string of the molecule is CCN(CC1CCN(C(=O)CCNS(C)(=O)=O)CC1)C(C)Cc1ccc2c(c1)CCO2. The number of nitrogens with one attached hydrogen (secondary N) is 1. The third-order valence-electron chi connectivity index (χ3n) is 6.48. The number of benzene rings is 1. The smallest absolute Gasteiger partial charge is 0.223 e. The average molecular weight is 452 g/mol. The van der Waals surface area contributed by atoms with Gasteiger partial charge in [0.1, 0.15) is 5.75 Å². The van der Waals surface area contributed by atoms with Crippen molar-refractivity contribution in [2.24, 2.45) is 5.92 Å². The molecule has 1 fully saturated rings. The number of nitrogens with zero attached hydrogens (tertiary/aromatic N) is 2. The molecule has 1 atom stereocenters. The molecule has 31 heavy (non-hydrogen) atoms. The molecule has 2 aliphatic heterocycles. The summed E-state index contributed by atoms with van der Waals surface area (Å²) in [6.45, 7) is 9.10. The minimum atomic E-state index is -3.24. The maximum atomic E-state index is 12.3. The number of amides is 1. The van der Waals surface area contributed by atoms with Crippen LogP contribution in [-0.4, -0.2) is 75.8 Å². The summed E-state index contributed by atoms with van der Waals surface area (Å²) in [4.78, 5) is 16.8.